The molecule has 0 aliphatic heterocycles. The van der Waals surface area contributed by atoms with E-state index in [1.165, 1.54) is 12.1 Å². The fourth-order valence-corrected chi connectivity index (χ4v) is 3.83. The average molecular weight is 561 g/mol. The molecular formula is C24H14Cl2N2O10. The highest BCUT2D eigenvalue weighted by molar-refractivity contribution is 6.40. The van der Waals surface area contributed by atoms with Crippen molar-refractivity contribution >= 4 is 70.3 Å². The van der Waals surface area contributed by atoms with E-state index in [1.807, 2.05) is 0 Å². The van der Waals surface area contributed by atoms with Crippen molar-refractivity contribution in [3.63, 3.8) is 0 Å². The van der Waals surface area contributed by atoms with Crippen LogP contribution in [0.5, 0.6) is 0 Å². The van der Waals surface area contributed by atoms with Gasteiger partial charge in [0.25, 0.3) is 11.8 Å². The van der Waals surface area contributed by atoms with Gasteiger partial charge < -0.3 is 31.1 Å². The monoisotopic (exact) mass is 560 g/mol. The minimum atomic E-state index is -1.55. The molecule has 6 N–H and O–H groups in total. The van der Waals surface area contributed by atoms with Crippen LogP contribution in [-0.2, 0) is 0 Å². The summed E-state index contributed by atoms with van der Waals surface area (Å²) in [6.07, 6.45) is 0. The van der Waals surface area contributed by atoms with Gasteiger partial charge in [-0.1, -0.05) is 23.2 Å². The molecule has 0 heterocycles. The number of aromatic carboxylic acids is 4. The lowest BCUT2D eigenvalue weighted by atomic mass is 10.0. The molecule has 0 atom stereocenters. The van der Waals surface area contributed by atoms with Gasteiger partial charge in [0.15, 0.2) is 0 Å². The molecule has 0 aliphatic rings. The molecule has 3 aromatic rings. The van der Waals surface area contributed by atoms with Crippen LogP contribution >= 0.6 is 23.2 Å². The zero-order chi connectivity index (χ0) is 28.3. The molecule has 0 saturated carbocycles. The van der Waals surface area contributed by atoms with Gasteiger partial charge in [-0.2, -0.15) is 0 Å². The first kappa shape index (κ1) is 27.6. The lowest BCUT2D eigenvalue weighted by Crippen LogP contribution is -2.19. The summed E-state index contributed by atoms with van der Waals surface area (Å²) in [5.41, 5.74) is -2.73. The Morgan fingerprint density at radius 3 is 1.29 bits per heavy atom. The van der Waals surface area contributed by atoms with Crippen molar-refractivity contribution in [1.29, 1.82) is 0 Å². The molecule has 2 amide bonds. The van der Waals surface area contributed by atoms with E-state index in [4.69, 9.17) is 33.4 Å². The van der Waals surface area contributed by atoms with Crippen LogP contribution in [0.25, 0.3) is 0 Å². The number of carbonyl (C=O) groups excluding carboxylic acids is 2. The molecule has 0 aromatic heterocycles. The second-order valence-corrected chi connectivity index (χ2v) is 8.28. The second-order valence-electron chi connectivity index (χ2n) is 7.46. The molecule has 14 heteroatoms. The number of carboxylic acid groups (broad SMARTS) is 4. The van der Waals surface area contributed by atoms with Crippen LogP contribution in [0.1, 0.15) is 62.1 Å². The van der Waals surface area contributed by atoms with Crippen LogP contribution in [0.3, 0.4) is 0 Å². The molecule has 0 radical (unpaired) electrons. The lowest BCUT2D eigenvalue weighted by Gasteiger charge is -2.14. The summed E-state index contributed by atoms with van der Waals surface area (Å²) in [6, 6.07) is 8.10. The van der Waals surface area contributed by atoms with Gasteiger partial charge >= 0.3 is 23.9 Å². The molecule has 12 nitrogen and oxygen atoms in total. The summed E-state index contributed by atoms with van der Waals surface area (Å²) >= 11 is 12.4. The number of rotatable bonds is 8. The first-order valence-corrected chi connectivity index (χ1v) is 10.9. The van der Waals surface area contributed by atoms with Crippen LogP contribution in [0.4, 0.5) is 11.4 Å². The third-order valence-corrected chi connectivity index (χ3v) is 5.62. The Morgan fingerprint density at radius 2 is 0.921 bits per heavy atom. The Balaban J connectivity index is 1.88. The van der Waals surface area contributed by atoms with Gasteiger partial charge in [-0.15, -0.1) is 0 Å². The normalized spacial score (nSPS) is 10.4. The molecule has 3 rings (SSSR count). The van der Waals surface area contributed by atoms with Gasteiger partial charge in [0.05, 0.1) is 49.1 Å². The molecular weight excluding hydrogens is 547 g/mol. The highest BCUT2D eigenvalue weighted by atomic mass is 35.5. The molecule has 38 heavy (non-hydrogen) atoms. The minimum absolute atomic E-state index is 0.0151. The lowest BCUT2D eigenvalue weighted by molar-refractivity contribution is 0.0674. The third kappa shape index (κ3) is 5.88. The van der Waals surface area contributed by atoms with E-state index in [-0.39, 0.29) is 43.7 Å². The number of anilines is 2. The number of hydrogen-bond donors (Lipinski definition) is 6. The smallest absolute Gasteiger partial charge is 0.336 e. The largest absolute Gasteiger partial charge is 0.478 e. The van der Waals surface area contributed by atoms with E-state index in [9.17, 15) is 39.0 Å². The van der Waals surface area contributed by atoms with E-state index in [1.54, 1.807) is 0 Å². The molecule has 0 bridgehead atoms. The summed E-state index contributed by atoms with van der Waals surface area (Å²) in [5, 5.41) is 41.2. The first-order chi connectivity index (χ1) is 17.8. The number of amides is 2. The summed E-state index contributed by atoms with van der Waals surface area (Å²) in [4.78, 5) is 70.7. The predicted molar refractivity (Wildman–Crippen MR) is 133 cm³/mol. The fraction of sp³-hybridized carbons (Fsp3) is 0. The van der Waals surface area contributed by atoms with Crippen LogP contribution in [0.2, 0.25) is 10.0 Å². The second kappa shape index (κ2) is 11.0. The average Bonchev–Trinajstić information content (AvgIpc) is 2.85. The maximum Gasteiger partial charge on any atom is 0.336 e. The zero-order valence-electron chi connectivity index (χ0n) is 18.6. The predicted octanol–water partition coefficient (Wildman–Crippen LogP) is 4.29. The van der Waals surface area contributed by atoms with Gasteiger partial charge in [-0.05, 0) is 48.5 Å². The SMILES string of the molecule is O=C(O)c1ccc(C(=O)Nc2cc(Cl)c(NC(=O)c3ccc(C(=O)O)cc3C(=O)O)c(Cl)c2)c(C(=O)O)c1. The Bertz CT molecular complexity index is 1530. The number of carbonyl (C=O) groups is 6. The molecule has 3 aromatic carbocycles. The van der Waals surface area contributed by atoms with E-state index >= 15 is 0 Å². The van der Waals surface area contributed by atoms with Crippen molar-refractivity contribution in [2.45, 2.75) is 0 Å². The van der Waals surface area contributed by atoms with Gasteiger partial charge in [0.2, 0.25) is 0 Å². The highest BCUT2D eigenvalue weighted by Crippen LogP contribution is 2.35. The van der Waals surface area contributed by atoms with Gasteiger partial charge in [-0.25, -0.2) is 19.2 Å². The van der Waals surface area contributed by atoms with Crippen LogP contribution in [0.15, 0.2) is 48.5 Å². The van der Waals surface area contributed by atoms with Gasteiger partial charge in [0, 0.05) is 5.69 Å². The minimum Gasteiger partial charge on any atom is -0.478 e. The maximum absolute atomic E-state index is 12.7. The number of carboxylic acids is 4. The number of benzene rings is 3. The quantitative estimate of drug-likeness (QED) is 0.230. The zero-order valence-corrected chi connectivity index (χ0v) is 20.1. The summed E-state index contributed by atoms with van der Waals surface area (Å²) in [5.74, 6) is -7.76. The molecule has 0 spiro atoms. The van der Waals surface area contributed by atoms with Crippen molar-refractivity contribution in [2.24, 2.45) is 0 Å². The van der Waals surface area contributed by atoms with E-state index < -0.39 is 46.8 Å². The summed E-state index contributed by atoms with van der Waals surface area (Å²) in [7, 11) is 0. The third-order valence-electron chi connectivity index (χ3n) is 5.02. The van der Waals surface area contributed by atoms with Crippen molar-refractivity contribution in [3.05, 3.63) is 92.0 Å². The maximum atomic E-state index is 12.7. The number of halogens is 2. The van der Waals surface area contributed by atoms with Crippen molar-refractivity contribution < 1.29 is 49.2 Å². The summed E-state index contributed by atoms with van der Waals surface area (Å²) in [6.45, 7) is 0. The Morgan fingerprint density at radius 1 is 0.526 bits per heavy atom. The highest BCUT2D eigenvalue weighted by Gasteiger charge is 2.22. The van der Waals surface area contributed by atoms with Crippen LogP contribution in [0, 0.1) is 0 Å². The van der Waals surface area contributed by atoms with Crippen LogP contribution < -0.4 is 10.6 Å². The first-order valence-electron chi connectivity index (χ1n) is 10.1. The molecule has 0 saturated heterocycles. The van der Waals surface area contributed by atoms with E-state index in [0.29, 0.717) is 0 Å². The van der Waals surface area contributed by atoms with Gasteiger partial charge in [0.1, 0.15) is 0 Å². The van der Waals surface area contributed by atoms with E-state index in [0.717, 1.165) is 36.4 Å². The van der Waals surface area contributed by atoms with E-state index in [2.05, 4.69) is 10.6 Å². The Hall–Kier alpha value is -4.94. The van der Waals surface area contributed by atoms with Crippen molar-refractivity contribution in [1.82, 2.24) is 0 Å². The topological polar surface area (TPSA) is 207 Å². The molecule has 0 fully saturated rings. The fourth-order valence-electron chi connectivity index (χ4n) is 3.25. The van der Waals surface area contributed by atoms with Crippen LogP contribution in [-0.4, -0.2) is 56.1 Å². The standard InChI is InChI=1S/C24H14Cl2N2O10/c25-16-7-11(27-19(29)12-3-1-9(21(31)32)5-14(12)23(35)36)8-17(26)18(16)28-20(30)13-4-2-10(22(33)34)6-15(13)24(37)38/h1-8H,(H,27,29)(H,28,30)(H,31,32)(H,33,34)(H,35,36)(H,37,38). The molecule has 0 unspecified atom stereocenters. The van der Waals surface area contributed by atoms with Crippen molar-refractivity contribution in [2.75, 3.05) is 10.6 Å². The number of nitrogens with one attached hydrogen (secondary N) is 2. The molecule has 194 valence electrons. The number of hydrogen-bond acceptors (Lipinski definition) is 6. The van der Waals surface area contributed by atoms with Gasteiger partial charge in [-0.3, -0.25) is 9.59 Å². The Labute approximate surface area is 222 Å². The molecule has 0 aliphatic carbocycles. The summed E-state index contributed by atoms with van der Waals surface area (Å²) < 4.78 is 0. The van der Waals surface area contributed by atoms with Crippen molar-refractivity contribution in [3.8, 4) is 0 Å². The Kier molecular flexibility index (Phi) is 7.99.